The Morgan fingerprint density at radius 1 is 1.02 bits per heavy atom. The predicted molar refractivity (Wildman–Crippen MR) is 160 cm³/mol. The van der Waals surface area contributed by atoms with Crippen LogP contribution in [0.25, 0.3) is 0 Å². The Hall–Kier alpha value is -2.98. The highest BCUT2D eigenvalue weighted by molar-refractivity contribution is 8.76. The number of halogens is 6. The van der Waals surface area contributed by atoms with E-state index in [1.807, 2.05) is 0 Å². The van der Waals surface area contributed by atoms with Crippen molar-refractivity contribution >= 4 is 39.1 Å². The van der Waals surface area contributed by atoms with Gasteiger partial charge in [-0.15, -0.1) is 0 Å². The van der Waals surface area contributed by atoms with E-state index in [1.165, 1.54) is 24.3 Å². The van der Waals surface area contributed by atoms with E-state index in [4.69, 9.17) is 4.74 Å². The number of carbonyl (C=O) groups excluding carboxylic acids is 2. The highest BCUT2D eigenvalue weighted by atomic mass is 33.1. The number of carbonyl (C=O) groups is 2. The molecule has 1 saturated heterocycles. The SMILES string of the molecule is CC(C)[C@]1(C(=O)NCc2cc(C(F)(F)F)ccc2SSc2ccccc2[N+](=O)[O-])CC[C@@H](N(C(=O)C(F)(F)F)C2CCOCC2)C1. The summed E-state index contributed by atoms with van der Waals surface area (Å²) < 4.78 is 87.3. The molecular weight excluding hydrogens is 660 g/mol. The van der Waals surface area contributed by atoms with Crippen LogP contribution in [0.1, 0.15) is 57.1 Å². The van der Waals surface area contributed by atoms with E-state index < -0.39 is 52.2 Å². The third kappa shape index (κ3) is 8.11. The van der Waals surface area contributed by atoms with Crippen LogP contribution in [0, 0.1) is 21.4 Å². The first kappa shape index (κ1) is 35.9. The van der Waals surface area contributed by atoms with Crippen LogP contribution in [0.5, 0.6) is 0 Å². The lowest BCUT2D eigenvalue weighted by molar-refractivity contribution is -0.387. The van der Waals surface area contributed by atoms with Crippen LogP contribution in [-0.2, 0) is 27.0 Å². The van der Waals surface area contributed by atoms with Gasteiger partial charge in [-0.3, -0.25) is 19.7 Å². The predicted octanol–water partition coefficient (Wildman–Crippen LogP) is 7.79. The minimum Gasteiger partial charge on any atom is -0.381 e. The van der Waals surface area contributed by atoms with Gasteiger partial charge in [0.1, 0.15) is 0 Å². The second-order valence-corrected chi connectivity index (χ2v) is 13.9. The molecule has 2 fully saturated rings. The molecule has 1 aliphatic carbocycles. The number of alkyl halides is 6. The molecule has 1 saturated carbocycles. The van der Waals surface area contributed by atoms with E-state index in [0.29, 0.717) is 4.90 Å². The zero-order valence-electron chi connectivity index (χ0n) is 25.0. The highest BCUT2D eigenvalue weighted by Gasteiger charge is 2.54. The Morgan fingerprint density at radius 3 is 2.28 bits per heavy atom. The first-order valence-corrected chi connectivity index (χ1v) is 16.7. The van der Waals surface area contributed by atoms with Crippen molar-refractivity contribution in [3.05, 3.63) is 63.7 Å². The molecule has 2 aromatic rings. The number of benzene rings is 2. The van der Waals surface area contributed by atoms with Gasteiger partial charge in [-0.2, -0.15) is 26.3 Å². The second-order valence-electron chi connectivity index (χ2n) is 11.7. The summed E-state index contributed by atoms with van der Waals surface area (Å²) in [7, 11) is 1.98. The number of nitro groups is 1. The van der Waals surface area contributed by atoms with Crippen LogP contribution in [0.2, 0.25) is 0 Å². The number of ether oxygens (including phenoxy) is 1. The number of hydrogen-bond acceptors (Lipinski definition) is 7. The number of rotatable bonds is 10. The van der Waals surface area contributed by atoms with Crippen molar-refractivity contribution < 1.29 is 45.6 Å². The van der Waals surface area contributed by atoms with E-state index >= 15 is 0 Å². The van der Waals surface area contributed by atoms with Crippen LogP contribution in [0.15, 0.2) is 52.3 Å². The second kappa shape index (κ2) is 14.4. The molecule has 4 rings (SSSR count). The van der Waals surface area contributed by atoms with Crippen LogP contribution in [-0.4, -0.2) is 53.1 Å². The Balaban J connectivity index is 1.56. The first-order valence-electron chi connectivity index (χ1n) is 14.6. The standard InChI is InChI=1S/C30H33F6N3O5S2/c1-18(2)28(12-9-22(16-28)38(27(41)30(34,35)36)21-10-13-44-14-11-21)26(40)37-17-19-15-20(29(31,32)33)7-8-24(19)45-46-25-6-4-3-5-23(25)39(42)43/h3-8,15,18,21-22H,9-14,16-17H2,1-2H3,(H,37,40)/t22-,28+/m1/s1. The summed E-state index contributed by atoms with van der Waals surface area (Å²) in [5.74, 6) is -2.85. The van der Waals surface area contributed by atoms with Gasteiger partial charge in [-0.1, -0.05) is 36.8 Å². The molecule has 0 spiro atoms. The van der Waals surface area contributed by atoms with E-state index in [0.717, 1.165) is 38.6 Å². The topological polar surface area (TPSA) is 102 Å². The number of hydrogen-bond donors (Lipinski definition) is 1. The number of para-hydroxylation sites is 1. The van der Waals surface area contributed by atoms with Crippen LogP contribution in [0.4, 0.5) is 32.0 Å². The Kier molecular flexibility index (Phi) is 11.2. The number of nitrogens with zero attached hydrogens (tertiary/aromatic N) is 2. The fourth-order valence-electron chi connectivity index (χ4n) is 6.11. The van der Waals surface area contributed by atoms with E-state index in [9.17, 15) is 46.0 Å². The Morgan fingerprint density at radius 2 is 1.67 bits per heavy atom. The molecule has 0 radical (unpaired) electrons. The Labute approximate surface area is 269 Å². The minimum atomic E-state index is -5.10. The van der Waals surface area contributed by atoms with Crippen molar-refractivity contribution in [2.24, 2.45) is 11.3 Å². The molecule has 46 heavy (non-hydrogen) atoms. The Bertz CT molecular complexity index is 1430. The molecule has 1 aliphatic heterocycles. The van der Waals surface area contributed by atoms with Gasteiger partial charge in [0.15, 0.2) is 0 Å². The summed E-state index contributed by atoms with van der Waals surface area (Å²) in [5, 5.41) is 14.1. The van der Waals surface area contributed by atoms with Crippen molar-refractivity contribution in [1.29, 1.82) is 0 Å². The van der Waals surface area contributed by atoms with Gasteiger partial charge < -0.3 is 15.0 Å². The van der Waals surface area contributed by atoms with Gasteiger partial charge in [0, 0.05) is 42.8 Å². The maximum absolute atomic E-state index is 13.8. The molecule has 0 bridgehead atoms. The molecule has 1 N–H and O–H groups in total. The number of nitrogens with one attached hydrogen (secondary N) is 1. The normalized spacial score (nSPS) is 20.9. The number of amides is 2. The summed E-state index contributed by atoms with van der Waals surface area (Å²) in [6.45, 7) is 3.60. The maximum atomic E-state index is 13.8. The summed E-state index contributed by atoms with van der Waals surface area (Å²) in [4.78, 5) is 38.8. The van der Waals surface area contributed by atoms with E-state index in [1.54, 1.807) is 19.9 Å². The fourth-order valence-corrected chi connectivity index (χ4v) is 8.47. The smallest absolute Gasteiger partial charge is 0.381 e. The fraction of sp³-hybridized carbons (Fsp3) is 0.533. The third-order valence-electron chi connectivity index (χ3n) is 8.65. The van der Waals surface area contributed by atoms with Crippen LogP contribution >= 0.6 is 21.6 Å². The lowest BCUT2D eigenvalue weighted by Gasteiger charge is -2.40. The van der Waals surface area contributed by atoms with Gasteiger partial charge in [0.25, 0.3) is 5.69 Å². The van der Waals surface area contributed by atoms with Crippen molar-refractivity contribution in [2.75, 3.05) is 13.2 Å². The summed E-state index contributed by atoms with van der Waals surface area (Å²) in [6.07, 6.45) is -9.00. The average molecular weight is 694 g/mol. The van der Waals surface area contributed by atoms with Crippen molar-refractivity contribution in [1.82, 2.24) is 10.2 Å². The lowest BCUT2D eigenvalue weighted by Crippen LogP contribution is -2.54. The molecule has 2 amide bonds. The molecule has 2 aromatic carbocycles. The average Bonchev–Trinajstić information content (AvgIpc) is 3.45. The monoisotopic (exact) mass is 693 g/mol. The molecule has 252 valence electrons. The number of nitro benzene ring substituents is 1. The van der Waals surface area contributed by atoms with Gasteiger partial charge in [0.2, 0.25) is 5.91 Å². The molecular formula is C30H33F6N3O5S2. The van der Waals surface area contributed by atoms with Gasteiger partial charge in [-0.05, 0) is 78.6 Å². The molecule has 2 aliphatic rings. The van der Waals surface area contributed by atoms with Crippen molar-refractivity contribution in [2.45, 2.75) is 86.7 Å². The summed E-state index contributed by atoms with van der Waals surface area (Å²) in [5.41, 5.74) is -2.18. The highest BCUT2D eigenvalue weighted by Crippen LogP contribution is 2.48. The minimum absolute atomic E-state index is 0.0343. The third-order valence-corrected chi connectivity index (χ3v) is 11.2. The van der Waals surface area contributed by atoms with E-state index in [2.05, 4.69) is 5.32 Å². The largest absolute Gasteiger partial charge is 0.471 e. The maximum Gasteiger partial charge on any atom is 0.471 e. The molecule has 2 atom stereocenters. The lowest BCUT2D eigenvalue weighted by atomic mass is 9.74. The first-order chi connectivity index (χ1) is 21.5. The van der Waals surface area contributed by atoms with Crippen LogP contribution in [0.3, 0.4) is 0 Å². The molecule has 0 unspecified atom stereocenters. The summed E-state index contributed by atoms with van der Waals surface area (Å²) in [6, 6.07) is 7.37. The molecule has 8 nitrogen and oxygen atoms in total. The zero-order chi connectivity index (χ0) is 33.9. The van der Waals surface area contributed by atoms with Gasteiger partial charge in [-0.25, -0.2) is 0 Å². The zero-order valence-corrected chi connectivity index (χ0v) is 26.6. The van der Waals surface area contributed by atoms with E-state index in [-0.39, 0.29) is 73.9 Å². The van der Waals surface area contributed by atoms with Crippen molar-refractivity contribution in [3.8, 4) is 0 Å². The summed E-state index contributed by atoms with van der Waals surface area (Å²) >= 11 is 0. The van der Waals surface area contributed by atoms with Crippen molar-refractivity contribution in [3.63, 3.8) is 0 Å². The molecule has 0 aromatic heterocycles. The quantitative estimate of drug-likeness (QED) is 0.117. The van der Waals surface area contributed by atoms with Gasteiger partial charge >= 0.3 is 18.3 Å². The van der Waals surface area contributed by atoms with Crippen LogP contribution < -0.4 is 5.32 Å². The van der Waals surface area contributed by atoms with Gasteiger partial charge in [0.05, 0.1) is 20.8 Å². The molecule has 1 heterocycles. The molecule has 16 heteroatoms.